The van der Waals surface area contributed by atoms with Crippen LogP contribution in [0.5, 0.6) is 0 Å². The Morgan fingerprint density at radius 3 is 2.45 bits per heavy atom. The van der Waals surface area contributed by atoms with Crippen molar-refractivity contribution in [3.63, 3.8) is 0 Å². The summed E-state index contributed by atoms with van der Waals surface area (Å²) < 4.78 is 20.6. The molecule has 1 unspecified atom stereocenters. The number of piperazine rings is 1. The average molecular weight is 451 g/mol. The van der Waals surface area contributed by atoms with Crippen LogP contribution in [0.15, 0.2) is 59.5 Å². The van der Waals surface area contributed by atoms with Crippen molar-refractivity contribution in [1.82, 2.24) is 14.9 Å². The van der Waals surface area contributed by atoms with Crippen LogP contribution in [-0.4, -0.2) is 46.8 Å². The molecule has 0 aliphatic carbocycles. The van der Waals surface area contributed by atoms with Crippen molar-refractivity contribution in [3.8, 4) is 0 Å². The van der Waals surface area contributed by atoms with Gasteiger partial charge < -0.3 is 9.32 Å². The fourth-order valence-corrected chi connectivity index (χ4v) is 4.60. The Morgan fingerprint density at radius 1 is 1.06 bits per heavy atom. The number of ketones is 1. The SMILES string of the molecule is CCC(CC)C(=O)Cc1ccc(N2CCN(C(c3ccccn3)c3ncco3)CC2)c(F)c1. The van der Waals surface area contributed by atoms with E-state index in [4.69, 9.17) is 4.42 Å². The molecule has 2 aromatic heterocycles. The summed E-state index contributed by atoms with van der Waals surface area (Å²) >= 11 is 0. The van der Waals surface area contributed by atoms with Gasteiger partial charge in [-0.15, -0.1) is 0 Å². The Bertz CT molecular complexity index is 1030. The zero-order chi connectivity index (χ0) is 23.2. The minimum Gasteiger partial charge on any atom is -0.447 e. The summed E-state index contributed by atoms with van der Waals surface area (Å²) in [4.78, 5) is 25.6. The molecule has 1 atom stereocenters. The van der Waals surface area contributed by atoms with E-state index in [0.717, 1.165) is 37.2 Å². The van der Waals surface area contributed by atoms with Gasteiger partial charge in [0, 0.05) is 44.7 Å². The number of rotatable bonds is 9. The van der Waals surface area contributed by atoms with Gasteiger partial charge >= 0.3 is 0 Å². The number of carbonyl (C=O) groups is 1. The smallest absolute Gasteiger partial charge is 0.217 e. The number of aromatic nitrogens is 2. The van der Waals surface area contributed by atoms with Crippen LogP contribution >= 0.6 is 0 Å². The van der Waals surface area contributed by atoms with Gasteiger partial charge in [-0.05, 0) is 42.7 Å². The topological polar surface area (TPSA) is 62.5 Å². The maximum absolute atomic E-state index is 15.0. The molecule has 1 saturated heterocycles. The molecule has 0 N–H and O–H groups in total. The molecule has 1 aliphatic heterocycles. The Kier molecular flexibility index (Phi) is 7.50. The third-order valence-electron chi connectivity index (χ3n) is 6.50. The van der Waals surface area contributed by atoms with Gasteiger partial charge in [0.2, 0.25) is 5.89 Å². The first-order valence-electron chi connectivity index (χ1n) is 11.7. The van der Waals surface area contributed by atoms with Crippen LogP contribution in [0.25, 0.3) is 0 Å². The zero-order valence-corrected chi connectivity index (χ0v) is 19.3. The first kappa shape index (κ1) is 23.1. The quantitative estimate of drug-likeness (QED) is 0.472. The highest BCUT2D eigenvalue weighted by Crippen LogP contribution is 2.29. The summed E-state index contributed by atoms with van der Waals surface area (Å²) in [6.07, 6.45) is 6.94. The van der Waals surface area contributed by atoms with Gasteiger partial charge in [0.05, 0.1) is 17.6 Å². The number of hydrogen-bond acceptors (Lipinski definition) is 6. The van der Waals surface area contributed by atoms with Crippen molar-refractivity contribution in [2.45, 2.75) is 39.2 Å². The number of nitrogens with zero attached hydrogens (tertiary/aromatic N) is 4. The molecule has 3 heterocycles. The molecule has 4 rings (SSSR count). The van der Waals surface area contributed by atoms with Gasteiger partial charge in [-0.1, -0.05) is 26.0 Å². The van der Waals surface area contributed by atoms with Crippen molar-refractivity contribution >= 4 is 11.5 Å². The highest BCUT2D eigenvalue weighted by atomic mass is 19.1. The fraction of sp³-hybridized carbons (Fsp3) is 0.423. The third-order valence-corrected chi connectivity index (χ3v) is 6.50. The number of hydrogen-bond donors (Lipinski definition) is 0. The third kappa shape index (κ3) is 5.30. The number of oxazole rings is 1. The van der Waals surface area contributed by atoms with Crippen LogP contribution in [0, 0.1) is 11.7 Å². The van der Waals surface area contributed by atoms with Gasteiger partial charge in [-0.25, -0.2) is 9.37 Å². The van der Waals surface area contributed by atoms with E-state index in [1.54, 1.807) is 18.7 Å². The Balaban J connectivity index is 1.43. The van der Waals surface area contributed by atoms with E-state index in [9.17, 15) is 9.18 Å². The lowest BCUT2D eigenvalue weighted by atomic mass is 9.93. The summed E-state index contributed by atoms with van der Waals surface area (Å²) in [6, 6.07) is 10.9. The lowest BCUT2D eigenvalue weighted by Crippen LogP contribution is -2.48. The number of pyridine rings is 1. The lowest BCUT2D eigenvalue weighted by Gasteiger charge is -2.39. The van der Waals surface area contributed by atoms with E-state index < -0.39 is 0 Å². The standard InChI is InChI=1S/C26H31FN4O2/c1-3-20(4-2)24(32)18-19-8-9-23(21(27)17-19)30-12-14-31(15-13-30)25(26-29-11-16-33-26)22-7-5-6-10-28-22/h5-11,16-17,20,25H,3-4,12-15,18H2,1-2H3. The molecule has 6 nitrogen and oxygen atoms in total. The summed E-state index contributed by atoms with van der Waals surface area (Å²) in [5.41, 5.74) is 2.20. The molecule has 0 radical (unpaired) electrons. The zero-order valence-electron chi connectivity index (χ0n) is 19.3. The Morgan fingerprint density at radius 2 is 1.85 bits per heavy atom. The molecule has 1 fully saturated rings. The summed E-state index contributed by atoms with van der Waals surface area (Å²) in [5, 5.41) is 0. The van der Waals surface area contributed by atoms with Crippen LogP contribution in [0.3, 0.4) is 0 Å². The maximum Gasteiger partial charge on any atom is 0.217 e. The summed E-state index contributed by atoms with van der Waals surface area (Å²) in [7, 11) is 0. The molecule has 3 aromatic rings. The number of carbonyl (C=O) groups excluding carboxylic acids is 1. The Hall–Kier alpha value is -3.06. The maximum atomic E-state index is 15.0. The highest BCUT2D eigenvalue weighted by molar-refractivity contribution is 5.83. The molecule has 1 aromatic carbocycles. The van der Waals surface area contributed by atoms with E-state index in [-0.39, 0.29) is 23.6 Å². The summed E-state index contributed by atoms with van der Waals surface area (Å²) in [5.74, 6) is 0.580. The normalized spacial score (nSPS) is 15.7. The fourth-order valence-electron chi connectivity index (χ4n) is 4.60. The Labute approximate surface area is 194 Å². The molecule has 0 amide bonds. The number of halogens is 1. The van der Waals surface area contributed by atoms with Crippen LogP contribution in [0.4, 0.5) is 10.1 Å². The summed E-state index contributed by atoms with van der Waals surface area (Å²) in [6.45, 7) is 6.83. The van der Waals surface area contributed by atoms with E-state index in [0.29, 0.717) is 31.1 Å². The van der Waals surface area contributed by atoms with Crippen molar-refractivity contribution < 1.29 is 13.6 Å². The molecule has 0 saturated carbocycles. The van der Waals surface area contributed by atoms with Gasteiger partial charge in [-0.3, -0.25) is 14.7 Å². The molecule has 7 heteroatoms. The van der Waals surface area contributed by atoms with Crippen molar-refractivity contribution in [2.24, 2.45) is 5.92 Å². The van der Waals surface area contributed by atoms with Crippen molar-refractivity contribution in [2.75, 3.05) is 31.1 Å². The van der Waals surface area contributed by atoms with Gasteiger partial charge in [0.15, 0.2) is 0 Å². The van der Waals surface area contributed by atoms with Crippen molar-refractivity contribution in [1.29, 1.82) is 0 Å². The molecular weight excluding hydrogens is 419 g/mol. The van der Waals surface area contributed by atoms with Gasteiger partial charge in [-0.2, -0.15) is 0 Å². The molecule has 0 bridgehead atoms. The second kappa shape index (κ2) is 10.7. The second-order valence-electron chi connectivity index (χ2n) is 8.49. The average Bonchev–Trinajstić information content (AvgIpc) is 3.36. The first-order valence-corrected chi connectivity index (χ1v) is 11.7. The largest absolute Gasteiger partial charge is 0.447 e. The molecule has 0 spiro atoms. The first-order chi connectivity index (χ1) is 16.1. The van der Waals surface area contributed by atoms with Crippen LogP contribution in [0.1, 0.15) is 49.9 Å². The van der Waals surface area contributed by atoms with Crippen LogP contribution < -0.4 is 4.90 Å². The molecule has 33 heavy (non-hydrogen) atoms. The number of benzene rings is 1. The number of Topliss-reactive ketones (excluding diaryl/α,β-unsaturated/α-hetero) is 1. The predicted molar refractivity (Wildman–Crippen MR) is 126 cm³/mol. The van der Waals surface area contributed by atoms with Gasteiger partial charge in [0.1, 0.15) is 23.9 Å². The van der Waals surface area contributed by atoms with E-state index >= 15 is 0 Å². The monoisotopic (exact) mass is 450 g/mol. The van der Waals surface area contributed by atoms with Crippen molar-refractivity contribution in [3.05, 3.63) is 78.0 Å². The number of anilines is 1. The molecular formula is C26H31FN4O2. The minimum absolute atomic E-state index is 0.0523. The predicted octanol–water partition coefficient (Wildman–Crippen LogP) is 4.67. The van der Waals surface area contributed by atoms with Crippen LogP contribution in [-0.2, 0) is 11.2 Å². The molecule has 1 aliphatic rings. The molecule has 174 valence electrons. The minimum atomic E-state index is -0.271. The highest BCUT2D eigenvalue weighted by Gasteiger charge is 2.31. The van der Waals surface area contributed by atoms with E-state index in [1.165, 1.54) is 6.07 Å². The second-order valence-corrected chi connectivity index (χ2v) is 8.49. The van der Waals surface area contributed by atoms with Crippen LogP contribution in [0.2, 0.25) is 0 Å². The lowest BCUT2D eigenvalue weighted by molar-refractivity contribution is -0.122. The van der Waals surface area contributed by atoms with Gasteiger partial charge in [0.25, 0.3) is 0 Å². The van der Waals surface area contributed by atoms with E-state index in [2.05, 4.69) is 19.8 Å². The van der Waals surface area contributed by atoms with E-state index in [1.807, 2.05) is 44.2 Å².